The Kier molecular flexibility index (Phi) is 6.28. The maximum atomic E-state index is 13.0. The fourth-order valence-electron chi connectivity index (χ4n) is 3.34. The summed E-state index contributed by atoms with van der Waals surface area (Å²) in [4.78, 5) is 25.5. The van der Waals surface area contributed by atoms with Gasteiger partial charge in [-0.15, -0.1) is 0 Å². The van der Waals surface area contributed by atoms with Gasteiger partial charge in [-0.1, -0.05) is 76.1 Å². The van der Waals surface area contributed by atoms with Crippen molar-refractivity contribution < 1.29 is 4.79 Å². The van der Waals surface area contributed by atoms with E-state index in [1.807, 2.05) is 67.6 Å². The summed E-state index contributed by atoms with van der Waals surface area (Å²) in [6.45, 7) is 3.58. The minimum atomic E-state index is -0.429. The summed E-state index contributed by atoms with van der Waals surface area (Å²) in [7, 11) is 0. The van der Waals surface area contributed by atoms with Crippen LogP contribution in [0.1, 0.15) is 18.1 Å². The molecule has 1 heterocycles. The van der Waals surface area contributed by atoms with Gasteiger partial charge in [0.2, 0.25) is 0 Å². The Labute approximate surface area is 193 Å². The van der Waals surface area contributed by atoms with E-state index in [4.69, 9.17) is 0 Å². The van der Waals surface area contributed by atoms with Crippen molar-refractivity contribution in [2.75, 3.05) is 0 Å². The van der Waals surface area contributed by atoms with E-state index in [0.717, 1.165) is 26.5 Å². The van der Waals surface area contributed by atoms with Crippen LogP contribution in [0, 0.1) is 6.92 Å². The van der Waals surface area contributed by atoms with Gasteiger partial charge in [0.1, 0.15) is 6.54 Å². The van der Waals surface area contributed by atoms with Crippen LogP contribution in [-0.4, -0.2) is 21.4 Å². The maximum Gasteiger partial charge on any atom is 0.275 e. The molecule has 0 aliphatic rings. The molecule has 3 aromatic carbocycles. The van der Waals surface area contributed by atoms with Crippen LogP contribution in [0.15, 0.2) is 87.2 Å². The van der Waals surface area contributed by atoms with Gasteiger partial charge in [-0.05, 0) is 37.6 Å². The van der Waals surface area contributed by atoms with Gasteiger partial charge >= 0.3 is 0 Å². The minimum absolute atomic E-state index is 0.236. The van der Waals surface area contributed by atoms with E-state index >= 15 is 0 Å². The Bertz CT molecular complexity index is 1370. The third-order valence-electron chi connectivity index (χ3n) is 5.10. The molecule has 0 saturated heterocycles. The lowest BCUT2D eigenvalue weighted by Gasteiger charge is -2.11. The molecule has 1 N–H and O–H groups in total. The number of hydrazone groups is 1. The lowest BCUT2D eigenvalue weighted by molar-refractivity contribution is -0.121. The first-order chi connectivity index (χ1) is 15.4. The van der Waals surface area contributed by atoms with Crippen LogP contribution in [0.4, 0.5) is 0 Å². The zero-order valence-corrected chi connectivity index (χ0v) is 19.3. The molecule has 0 radical (unpaired) electrons. The second kappa shape index (κ2) is 9.28. The summed E-state index contributed by atoms with van der Waals surface area (Å²) >= 11 is 3.39. The number of nitrogens with one attached hydrogen (secondary N) is 1. The molecule has 0 bridgehead atoms. The first-order valence-electron chi connectivity index (χ1n) is 10.1. The van der Waals surface area contributed by atoms with Crippen molar-refractivity contribution in [2.45, 2.75) is 20.4 Å². The van der Waals surface area contributed by atoms with Crippen LogP contribution in [0.25, 0.3) is 22.0 Å². The molecule has 0 fully saturated rings. The van der Waals surface area contributed by atoms with Crippen LogP contribution in [0.3, 0.4) is 0 Å². The van der Waals surface area contributed by atoms with E-state index in [2.05, 4.69) is 31.6 Å². The number of fused-ring (bicyclic) bond motifs is 1. The molecular formula is C25H21BrN4O2. The lowest BCUT2D eigenvalue weighted by atomic mass is 10.0. The molecule has 1 amide bonds. The maximum absolute atomic E-state index is 13.0. The quantitative estimate of drug-likeness (QED) is 0.327. The molecule has 0 aliphatic heterocycles. The number of amides is 1. The zero-order chi connectivity index (χ0) is 22.7. The number of aryl methyl sites for hydroxylation is 1. The molecule has 0 saturated carbocycles. The number of carbonyl (C=O) groups is 1. The molecule has 32 heavy (non-hydrogen) atoms. The Morgan fingerprint density at radius 3 is 2.34 bits per heavy atom. The van der Waals surface area contributed by atoms with Crippen molar-refractivity contribution in [3.63, 3.8) is 0 Å². The third-order valence-corrected chi connectivity index (χ3v) is 5.63. The fourth-order valence-corrected chi connectivity index (χ4v) is 3.60. The predicted molar refractivity (Wildman–Crippen MR) is 131 cm³/mol. The highest BCUT2D eigenvalue weighted by atomic mass is 79.9. The molecule has 1 aromatic heterocycles. The number of aromatic nitrogens is 2. The van der Waals surface area contributed by atoms with Gasteiger partial charge in [-0.25, -0.2) is 10.1 Å². The molecule has 0 spiro atoms. The van der Waals surface area contributed by atoms with E-state index in [9.17, 15) is 9.59 Å². The van der Waals surface area contributed by atoms with Gasteiger partial charge in [-0.2, -0.15) is 10.2 Å². The van der Waals surface area contributed by atoms with Crippen LogP contribution in [0.2, 0.25) is 0 Å². The minimum Gasteiger partial charge on any atom is -0.271 e. The molecule has 6 nitrogen and oxygen atoms in total. The third kappa shape index (κ3) is 4.68. The van der Waals surface area contributed by atoms with Gasteiger partial charge in [0.15, 0.2) is 0 Å². The van der Waals surface area contributed by atoms with E-state index in [1.165, 1.54) is 4.68 Å². The lowest BCUT2D eigenvalue weighted by Crippen LogP contribution is -2.32. The monoisotopic (exact) mass is 488 g/mol. The number of nitrogens with zero attached hydrogens (tertiary/aromatic N) is 3. The largest absolute Gasteiger partial charge is 0.275 e. The van der Waals surface area contributed by atoms with Gasteiger partial charge in [0.05, 0.1) is 16.8 Å². The van der Waals surface area contributed by atoms with Crippen molar-refractivity contribution in [2.24, 2.45) is 5.10 Å². The topological polar surface area (TPSA) is 76.3 Å². The van der Waals surface area contributed by atoms with Crippen LogP contribution >= 0.6 is 15.9 Å². The molecular weight excluding hydrogens is 468 g/mol. The van der Waals surface area contributed by atoms with E-state index < -0.39 is 5.91 Å². The summed E-state index contributed by atoms with van der Waals surface area (Å²) in [6, 6.07) is 22.8. The van der Waals surface area contributed by atoms with Crippen molar-refractivity contribution in [1.29, 1.82) is 0 Å². The summed E-state index contributed by atoms with van der Waals surface area (Å²) < 4.78 is 2.15. The predicted octanol–water partition coefficient (Wildman–Crippen LogP) is 4.67. The molecule has 0 unspecified atom stereocenters. The number of benzene rings is 3. The Balaban J connectivity index is 1.64. The average molecular weight is 489 g/mol. The number of halogens is 1. The SMILES string of the molecule is C/C(=N\NC(=O)Cn1nc(-c2ccc(C)cc2)c2ccccc2c1=O)c1ccc(Br)cc1. The summed E-state index contributed by atoms with van der Waals surface area (Å²) in [5.74, 6) is -0.429. The summed E-state index contributed by atoms with van der Waals surface area (Å²) in [5, 5.41) is 9.95. The zero-order valence-electron chi connectivity index (χ0n) is 17.7. The first-order valence-corrected chi connectivity index (χ1v) is 10.9. The van der Waals surface area contributed by atoms with Gasteiger partial charge < -0.3 is 0 Å². The Morgan fingerprint density at radius 2 is 1.66 bits per heavy atom. The molecule has 0 aliphatic carbocycles. The van der Waals surface area contributed by atoms with Crippen LogP contribution < -0.4 is 11.0 Å². The highest BCUT2D eigenvalue weighted by molar-refractivity contribution is 9.10. The fraction of sp³-hybridized carbons (Fsp3) is 0.120. The molecule has 160 valence electrons. The number of carbonyl (C=O) groups excluding carboxylic acids is 1. The Morgan fingerprint density at radius 1 is 1.00 bits per heavy atom. The van der Waals surface area contributed by atoms with Crippen molar-refractivity contribution in [1.82, 2.24) is 15.2 Å². The Hall–Kier alpha value is -3.58. The summed E-state index contributed by atoms with van der Waals surface area (Å²) in [6.07, 6.45) is 0. The van der Waals surface area contributed by atoms with Gasteiger partial charge in [-0.3, -0.25) is 9.59 Å². The first kappa shape index (κ1) is 21.6. The van der Waals surface area contributed by atoms with Gasteiger partial charge in [0, 0.05) is 15.4 Å². The molecule has 7 heteroatoms. The number of hydrogen-bond acceptors (Lipinski definition) is 4. The second-order valence-corrected chi connectivity index (χ2v) is 8.38. The van der Waals surface area contributed by atoms with E-state index in [-0.39, 0.29) is 12.1 Å². The normalized spacial score (nSPS) is 11.5. The number of rotatable bonds is 5. The van der Waals surface area contributed by atoms with E-state index in [0.29, 0.717) is 16.8 Å². The molecule has 0 atom stereocenters. The smallest absolute Gasteiger partial charge is 0.271 e. The van der Waals surface area contributed by atoms with Crippen molar-refractivity contribution in [3.05, 3.63) is 98.7 Å². The van der Waals surface area contributed by atoms with Crippen LogP contribution in [0.5, 0.6) is 0 Å². The standard InChI is InChI=1S/C25H21BrN4O2/c1-16-7-9-19(10-8-16)24-21-5-3-4-6-22(21)25(32)30(29-24)15-23(31)28-27-17(2)18-11-13-20(26)14-12-18/h3-14H,15H2,1-2H3,(H,28,31)/b27-17+. The number of hydrogen-bond donors (Lipinski definition) is 1. The second-order valence-electron chi connectivity index (χ2n) is 7.46. The van der Waals surface area contributed by atoms with Gasteiger partial charge in [0.25, 0.3) is 11.5 Å². The molecule has 4 rings (SSSR count). The molecule has 4 aromatic rings. The van der Waals surface area contributed by atoms with Crippen molar-refractivity contribution in [3.8, 4) is 11.3 Å². The summed E-state index contributed by atoms with van der Waals surface area (Å²) in [5.41, 5.74) is 6.41. The van der Waals surface area contributed by atoms with E-state index in [1.54, 1.807) is 19.1 Å². The van der Waals surface area contributed by atoms with Crippen molar-refractivity contribution >= 4 is 38.3 Å². The van der Waals surface area contributed by atoms with Crippen LogP contribution in [-0.2, 0) is 11.3 Å². The average Bonchev–Trinajstić information content (AvgIpc) is 2.80. The highest BCUT2D eigenvalue weighted by Crippen LogP contribution is 2.24. The highest BCUT2D eigenvalue weighted by Gasteiger charge is 2.14.